The van der Waals surface area contributed by atoms with Gasteiger partial charge in [-0.3, -0.25) is 4.79 Å². The summed E-state index contributed by atoms with van der Waals surface area (Å²) < 4.78 is 11.2. The van der Waals surface area contributed by atoms with Crippen molar-refractivity contribution in [3.05, 3.63) is 39.8 Å². The first-order valence-electron chi connectivity index (χ1n) is 8.86. The Labute approximate surface area is 168 Å². The second-order valence-electron chi connectivity index (χ2n) is 6.43. The van der Waals surface area contributed by atoms with Gasteiger partial charge >= 0.3 is 11.9 Å². The van der Waals surface area contributed by atoms with Crippen molar-refractivity contribution in [2.75, 3.05) is 19.0 Å². The van der Waals surface area contributed by atoms with Gasteiger partial charge in [0.1, 0.15) is 5.00 Å². The largest absolute Gasteiger partial charge is 0.465 e. The zero-order chi connectivity index (χ0) is 20.5. The van der Waals surface area contributed by atoms with Gasteiger partial charge in [0.15, 0.2) is 6.61 Å². The maximum absolute atomic E-state index is 12.3. The van der Waals surface area contributed by atoms with E-state index in [2.05, 4.69) is 20.4 Å². The summed E-state index contributed by atoms with van der Waals surface area (Å²) in [6, 6.07) is 1.72. The van der Waals surface area contributed by atoms with Gasteiger partial charge in [-0.1, -0.05) is 0 Å². The molecule has 10 nitrogen and oxygen atoms in total. The van der Waals surface area contributed by atoms with Crippen molar-refractivity contribution in [3.63, 3.8) is 0 Å². The molecule has 0 saturated carbocycles. The highest BCUT2D eigenvalue weighted by molar-refractivity contribution is 7.17. The SMILES string of the molecule is COC(=O)c1c(NC(=O)COC(=O)c2nc3nc(C)ccn3n2)sc2c1CCC2. The Kier molecular flexibility index (Phi) is 4.97. The van der Waals surface area contributed by atoms with Crippen LogP contribution in [0.5, 0.6) is 0 Å². The van der Waals surface area contributed by atoms with Crippen LogP contribution in [0.15, 0.2) is 12.3 Å². The van der Waals surface area contributed by atoms with Gasteiger partial charge < -0.3 is 14.8 Å². The summed E-state index contributed by atoms with van der Waals surface area (Å²) in [5.74, 6) is -1.84. The molecule has 0 aromatic carbocycles. The molecular weight excluding hydrogens is 398 g/mol. The smallest absolute Gasteiger partial charge is 0.378 e. The molecule has 150 valence electrons. The van der Waals surface area contributed by atoms with Crippen LogP contribution in [0.1, 0.15) is 43.5 Å². The summed E-state index contributed by atoms with van der Waals surface area (Å²) in [6.07, 6.45) is 4.23. The van der Waals surface area contributed by atoms with Crippen LogP contribution in [0.3, 0.4) is 0 Å². The van der Waals surface area contributed by atoms with Crippen LogP contribution in [0, 0.1) is 6.92 Å². The number of aryl methyl sites for hydroxylation is 2. The fourth-order valence-electron chi connectivity index (χ4n) is 3.12. The van der Waals surface area contributed by atoms with Crippen LogP contribution >= 0.6 is 11.3 Å². The van der Waals surface area contributed by atoms with Crippen molar-refractivity contribution in [2.45, 2.75) is 26.2 Å². The van der Waals surface area contributed by atoms with Crippen LogP contribution < -0.4 is 5.32 Å². The fraction of sp³-hybridized carbons (Fsp3) is 0.333. The van der Waals surface area contributed by atoms with E-state index in [1.54, 1.807) is 19.2 Å². The molecule has 0 atom stereocenters. The van der Waals surface area contributed by atoms with E-state index in [1.807, 2.05) is 0 Å². The average molecular weight is 415 g/mol. The van der Waals surface area contributed by atoms with Crippen molar-refractivity contribution < 1.29 is 23.9 Å². The third kappa shape index (κ3) is 3.68. The highest BCUT2D eigenvalue weighted by Gasteiger charge is 2.28. The lowest BCUT2D eigenvalue weighted by Crippen LogP contribution is -2.22. The lowest BCUT2D eigenvalue weighted by atomic mass is 10.1. The highest BCUT2D eigenvalue weighted by atomic mass is 32.1. The molecule has 1 aliphatic carbocycles. The van der Waals surface area contributed by atoms with E-state index in [4.69, 9.17) is 9.47 Å². The van der Waals surface area contributed by atoms with Gasteiger partial charge in [-0.25, -0.2) is 19.1 Å². The van der Waals surface area contributed by atoms with Crippen molar-refractivity contribution in [3.8, 4) is 0 Å². The summed E-state index contributed by atoms with van der Waals surface area (Å²) in [6.45, 7) is 1.25. The van der Waals surface area contributed by atoms with Crippen LogP contribution in [0.4, 0.5) is 5.00 Å². The molecule has 3 heterocycles. The number of aromatic nitrogens is 4. The van der Waals surface area contributed by atoms with Crippen LogP contribution in [-0.4, -0.2) is 51.1 Å². The quantitative estimate of drug-likeness (QED) is 0.623. The fourth-order valence-corrected chi connectivity index (χ4v) is 4.41. The minimum Gasteiger partial charge on any atom is -0.465 e. The number of amides is 1. The number of anilines is 1. The average Bonchev–Trinajstić information content (AvgIpc) is 3.39. The molecule has 0 spiro atoms. The van der Waals surface area contributed by atoms with Gasteiger partial charge in [0.2, 0.25) is 0 Å². The Bertz CT molecular complexity index is 1140. The number of nitrogens with zero attached hydrogens (tertiary/aromatic N) is 4. The first-order chi connectivity index (χ1) is 14.0. The summed E-state index contributed by atoms with van der Waals surface area (Å²) in [5.41, 5.74) is 2.03. The minimum atomic E-state index is -0.842. The first kappa shape index (κ1) is 19.0. The molecule has 0 radical (unpaired) electrons. The third-order valence-corrected chi connectivity index (χ3v) is 5.63. The van der Waals surface area contributed by atoms with Gasteiger partial charge in [0.25, 0.3) is 17.5 Å². The Morgan fingerprint density at radius 1 is 1.24 bits per heavy atom. The van der Waals surface area contributed by atoms with Gasteiger partial charge in [-0.15, -0.1) is 16.4 Å². The Balaban J connectivity index is 1.42. The number of carbonyl (C=O) groups is 3. The lowest BCUT2D eigenvalue weighted by molar-refractivity contribution is -0.119. The van der Waals surface area contributed by atoms with E-state index in [9.17, 15) is 14.4 Å². The molecule has 0 unspecified atom stereocenters. The molecule has 1 aliphatic rings. The van der Waals surface area contributed by atoms with Gasteiger partial charge in [-0.2, -0.15) is 4.98 Å². The third-order valence-electron chi connectivity index (χ3n) is 4.43. The van der Waals surface area contributed by atoms with Crippen molar-refractivity contribution in [2.24, 2.45) is 0 Å². The van der Waals surface area contributed by atoms with E-state index < -0.39 is 24.5 Å². The molecule has 1 N–H and O–H groups in total. The number of methoxy groups -OCH3 is 1. The molecular formula is C18H17N5O5S. The van der Waals surface area contributed by atoms with Crippen LogP contribution in [0.2, 0.25) is 0 Å². The molecule has 0 saturated heterocycles. The summed E-state index contributed by atoms with van der Waals surface area (Å²) in [4.78, 5) is 45.7. The number of ether oxygens (including phenoxy) is 2. The molecule has 4 rings (SSSR count). The number of esters is 2. The maximum atomic E-state index is 12.3. The first-order valence-corrected chi connectivity index (χ1v) is 9.67. The standard InChI is InChI=1S/C18H17N5O5S/c1-9-6-7-23-18(19-9)21-14(22-23)17(26)28-8-12(24)20-15-13(16(25)27-2)10-4-3-5-11(10)29-15/h6-7H,3-5,8H2,1-2H3,(H,20,24). The number of nitrogens with one attached hydrogen (secondary N) is 1. The molecule has 0 fully saturated rings. The van der Waals surface area contributed by atoms with Crippen LogP contribution in [0.25, 0.3) is 5.78 Å². The molecule has 1 amide bonds. The molecule has 29 heavy (non-hydrogen) atoms. The van der Waals surface area contributed by atoms with Gasteiger partial charge in [-0.05, 0) is 37.8 Å². The summed E-state index contributed by atoms with van der Waals surface area (Å²) in [7, 11) is 1.30. The maximum Gasteiger partial charge on any atom is 0.378 e. The zero-order valence-corrected chi connectivity index (χ0v) is 16.5. The van der Waals surface area contributed by atoms with E-state index >= 15 is 0 Å². The monoisotopic (exact) mass is 415 g/mol. The molecule has 3 aromatic rings. The predicted octanol–water partition coefficient (Wildman–Crippen LogP) is 1.57. The van der Waals surface area contributed by atoms with E-state index in [-0.39, 0.29) is 11.6 Å². The van der Waals surface area contributed by atoms with Gasteiger partial charge in [0.05, 0.1) is 12.7 Å². The second-order valence-corrected chi connectivity index (χ2v) is 7.53. The van der Waals surface area contributed by atoms with E-state index in [1.165, 1.54) is 23.0 Å². The molecule has 11 heteroatoms. The normalized spacial score (nSPS) is 12.6. The van der Waals surface area contributed by atoms with Crippen LogP contribution in [-0.2, 0) is 27.1 Å². The topological polar surface area (TPSA) is 125 Å². The highest BCUT2D eigenvalue weighted by Crippen LogP contribution is 2.39. The predicted molar refractivity (Wildman–Crippen MR) is 102 cm³/mol. The number of hydrogen-bond donors (Lipinski definition) is 1. The minimum absolute atomic E-state index is 0.193. The number of thiophene rings is 1. The Morgan fingerprint density at radius 2 is 2.07 bits per heavy atom. The van der Waals surface area contributed by atoms with Crippen molar-refractivity contribution >= 4 is 40.0 Å². The van der Waals surface area contributed by atoms with Crippen molar-refractivity contribution in [1.82, 2.24) is 19.6 Å². The second kappa shape index (κ2) is 7.59. The lowest BCUT2D eigenvalue weighted by Gasteiger charge is -2.07. The Morgan fingerprint density at radius 3 is 2.86 bits per heavy atom. The molecule has 0 bridgehead atoms. The van der Waals surface area contributed by atoms with E-state index in [0.717, 1.165) is 35.4 Å². The Hall–Kier alpha value is -3.34. The number of rotatable bonds is 5. The zero-order valence-electron chi connectivity index (χ0n) is 15.7. The van der Waals surface area contributed by atoms with E-state index in [0.29, 0.717) is 10.6 Å². The molecule has 3 aromatic heterocycles. The van der Waals surface area contributed by atoms with Gasteiger partial charge in [0, 0.05) is 16.8 Å². The number of hydrogen-bond acceptors (Lipinski definition) is 9. The molecule has 0 aliphatic heterocycles. The van der Waals surface area contributed by atoms with Crippen molar-refractivity contribution in [1.29, 1.82) is 0 Å². The summed E-state index contributed by atoms with van der Waals surface area (Å²) >= 11 is 1.35. The summed E-state index contributed by atoms with van der Waals surface area (Å²) in [5, 5.41) is 7.02. The number of fused-ring (bicyclic) bond motifs is 2. The number of carbonyl (C=O) groups excluding carboxylic acids is 3.